The number of nitrogens with one attached hydrogen (secondary N) is 1. The molecule has 2 aromatic heterocycles. The fourth-order valence-electron chi connectivity index (χ4n) is 3.17. The van der Waals surface area contributed by atoms with Gasteiger partial charge < -0.3 is 5.32 Å². The first kappa shape index (κ1) is 16.3. The van der Waals surface area contributed by atoms with Crippen LogP contribution in [0.25, 0.3) is 0 Å². The molecular formula is C16H24N6S. The minimum Gasteiger partial charge on any atom is -0.315 e. The quantitative estimate of drug-likeness (QED) is 0.922. The Morgan fingerprint density at radius 3 is 2.74 bits per heavy atom. The molecule has 124 valence electrons. The molecule has 1 aliphatic heterocycles. The average molecular weight is 332 g/mol. The maximum atomic E-state index is 4.71. The number of nitrogens with zero attached hydrogens (tertiary/aromatic N) is 5. The highest BCUT2D eigenvalue weighted by Gasteiger charge is 2.27. The summed E-state index contributed by atoms with van der Waals surface area (Å²) in [7, 11) is 0. The van der Waals surface area contributed by atoms with Crippen LogP contribution in [0.4, 0.5) is 10.9 Å². The molecule has 3 rings (SSSR count). The van der Waals surface area contributed by atoms with E-state index in [1.807, 2.05) is 13.8 Å². The Balaban J connectivity index is 1.87. The van der Waals surface area contributed by atoms with Crippen LogP contribution in [0.2, 0.25) is 0 Å². The summed E-state index contributed by atoms with van der Waals surface area (Å²) in [6.07, 6.45) is 3.69. The summed E-state index contributed by atoms with van der Waals surface area (Å²) < 4.78 is 0. The first-order chi connectivity index (χ1) is 11.0. The van der Waals surface area contributed by atoms with Crippen molar-refractivity contribution >= 4 is 22.3 Å². The van der Waals surface area contributed by atoms with Crippen molar-refractivity contribution in [2.45, 2.75) is 59.0 Å². The maximum Gasteiger partial charge on any atom is 0.211 e. The lowest BCUT2D eigenvalue weighted by Gasteiger charge is -2.38. The van der Waals surface area contributed by atoms with E-state index in [2.05, 4.69) is 45.3 Å². The van der Waals surface area contributed by atoms with Crippen molar-refractivity contribution in [3.8, 4) is 0 Å². The van der Waals surface area contributed by atoms with Gasteiger partial charge in [0.15, 0.2) is 0 Å². The highest BCUT2D eigenvalue weighted by molar-refractivity contribution is 7.15. The van der Waals surface area contributed by atoms with Gasteiger partial charge in [0.1, 0.15) is 16.6 Å². The van der Waals surface area contributed by atoms with Gasteiger partial charge in [0.25, 0.3) is 0 Å². The van der Waals surface area contributed by atoms with Crippen molar-refractivity contribution in [1.29, 1.82) is 0 Å². The molecule has 2 aromatic rings. The van der Waals surface area contributed by atoms with Gasteiger partial charge in [-0.1, -0.05) is 17.8 Å². The van der Waals surface area contributed by atoms with Gasteiger partial charge in [-0.25, -0.2) is 9.97 Å². The largest absolute Gasteiger partial charge is 0.315 e. The molecule has 0 aliphatic carbocycles. The predicted octanol–water partition coefficient (Wildman–Crippen LogP) is 3.62. The second kappa shape index (κ2) is 6.88. The van der Waals surface area contributed by atoms with E-state index in [9.17, 15) is 0 Å². The van der Waals surface area contributed by atoms with Gasteiger partial charge in [-0.2, -0.15) is 0 Å². The summed E-state index contributed by atoms with van der Waals surface area (Å²) in [6.45, 7) is 9.56. The van der Waals surface area contributed by atoms with Gasteiger partial charge >= 0.3 is 0 Å². The number of aryl methyl sites for hydroxylation is 2. The highest BCUT2D eigenvalue weighted by Crippen LogP contribution is 2.32. The van der Waals surface area contributed by atoms with Crippen LogP contribution >= 0.6 is 11.3 Å². The number of piperidine rings is 1. The number of hydrogen-bond donors (Lipinski definition) is 1. The third-order valence-corrected chi connectivity index (χ3v) is 4.92. The molecule has 23 heavy (non-hydrogen) atoms. The number of likely N-dealkylation sites (tertiary alicyclic amines) is 1. The van der Waals surface area contributed by atoms with Gasteiger partial charge in [0.05, 0.1) is 11.7 Å². The SMILES string of the molecule is Cc1nc(Nc2nnc(C)s2)cc(C2CCCCN2C(C)C)n1. The summed E-state index contributed by atoms with van der Waals surface area (Å²) >= 11 is 1.53. The zero-order valence-corrected chi connectivity index (χ0v) is 15.0. The Morgan fingerprint density at radius 1 is 1.22 bits per heavy atom. The molecule has 7 heteroatoms. The molecule has 0 amide bonds. The van der Waals surface area contributed by atoms with Crippen LogP contribution in [-0.2, 0) is 0 Å². The van der Waals surface area contributed by atoms with Crippen molar-refractivity contribution in [2.24, 2.45) is 0 Å². The van der Waals surface area contributed by atoms with Crippen molar-refractivity contribution in [1.82, 2.24) is 25.1 Å². The molecule has 1 fully saturated rings. The van der Waals surface area contributed by atoms with Crippen LogP contribution in [0.3, 0.4) is 0 Å². The summed E-state index contributed by atoms with van der Waals surface area (Å²) in [5.41, 5.74) is 1.11. The number of hydrogen-bond acceptors (Lipinski definition) is 7. The van der Waals surface area contributed by atoms with E-state index in [0.717, 1.165) is 40.4 Å². The lowest BCUT2D eigenvalue weighted by Crippen LogP contribution is -2.39. The van der Waals surface area contributed by atoms with Crippen LogP contribution in [0.5, 0.6) is 0 Å². The molecule has 3 heterocycles. The fourth-order valence-corrected chi connectivity index (χ4v) is 3.77. The smallest absolute Gasteiger partial charge is 0.211 e. The van der Waals surface area contributed by atoms with Crippen LogP contribution < -0.4 is 5.32 Å². The van der Waals surface area contributed by atoms with Gasteiger partial charge in [0.2, 0.25) is 5.13 Å². The molecule has 1 saturated heterocycles. The second-order valence-electron chi connectivity index (χ2n) is 6.32. The standard InChI is InChI=1S/C16H24N6S/c1-10(2)22-8-6-5-7-14(22)13-9-15(18-11(3)17-13)19-16-21-20-12(4)23-16/h9-10,14H,5-8H2,1-4H3,(H,17,18,19,21). The van der Waals surface area contributed by atoms with Gasteiger partial charge in [0, 0.05) is 12.1 Å². The molecule has 1 aliphatic rings. The first-order valence-electron chi connectivity index (χ1n) is 8.21. The molecule has 6 nitrogen and oxygen atoms in total. The van der Waals surface area contributed by atoms with Crippen molar-refractivity contribution in [2.75, 3.05) is 11.9 Å². The van der Waals surface area contributed by atoms with Crippen molar-refractivity contribution in [3.63, 3.8) is 0 Å². The van der Waals surface area contributed by atoms with E-state index in [4.69, 9.17) is 4.98 Å². The van der Waals surface area contributed by atoms with Crippen LogP contribution in [0.15, 0.2) is 6.07 Å². The molecule has 0 aromatic carbocycles. The van der Waals surface area contributed by atoms with Crippen molar-refractivity contribution in [3.05, 3.63) is 22.6 Å². The summed E-state index contributed by atoms with van der Waals surface area (Å²) in [6, 6.07) is 2.97. The Kier molecular flexibility index (Phi) is 4.87. The monoisotopic (exact) mass is 332 g/mol. The highest BCUT2D eigenvalue weighted by atomic mass is 32.1. The Hall–Kier alpha value is -1.60. The molecule has 0 radical (unpaired) electrons. The Bertz CT molecular complexity index is 668. The maximum absolute atomic E-state index is 4.71. The minimum absolute atomic E-state index is 0.377. The summed E-state index contributed by atoms with van der Waals surface area (Å²) in [5.74, 6) is 1.60. The number of aromatic nitrogens is 4. The normalized spacial score (nSPS) is 19.3. The van der Waals surface area contributed by atoms with E-state index in [-0.39, 0.29) is 0 Å². The Labute approximate surface area is 141 Å². The van der Waals surface area contributed by atoms with E-state index in [1.165, 1.54) is 24.2 Å². The molecular weight excluding hydrogens is 308 g/mol. The van der Waals surface area contributed by atoms with Gasteiger partial charge in [-0.15, -0.1) is 10.2 Å². The predicted molar refractivity (Wildman–Crippen MR) is 93.1 cm³/mol. The zero-order valence-electron chi connectivity index (χ0n) is 14.2. The topological polar surface area (TPSA) is 66.8 Å². The summed E-state index contributed by atoms with van der Waals surface area (Å²) in [4.78, 5) is 11.8. The van der Waals surface area contributed by atoms with Crippen LogP contribution in [0.1, 0.15) is 55.7 Å². The lowest BCUT2D eigenvalue weighted by atomic mass is 9.97. The van der Waals surface area contributed by atoms with Crippen molar-refractivity contribution < 1.29 is 0 Å². The van der Waals surface area contributed by atoms with Crippen LogP contribution in [-0.4, -0.2) is 37.7 Å². The molecule has 1 atom stereocenters. The minimum atomic E-state index is 0.377. The fraction of sp³-hybridized carbons (Fsp3) is 0.625. The number of anilines is 2. The lowest BCUT2D eigenvalue weighted by molar-refractivity contribution is 0.109. The second-order valence-corrected chi connectivity index (χ2v) is 7.50. The Morgan fingerprint density at radius 2 is 2.04 bits per heavy atom. The average Bonchev–Trinajstić information content (AvgIpc) is 2.91. The van der Waals surface area contributed by atoms with E-state index in [1.54, 1.807) is 0 Å². The van der Waals surface area contributed by atoms with E-state index >= 15 is 0 Å². The molecule has 0 saturated carbocycles. The molecule has 1 unspecified atom stereocenters. The molecule has 1 N–H and O–H groups in total. The first-order valence-corrected chi connectivity index (χ1v) is 9.03. The van der Waals surface area contributed by atoms with E-state index in [0.29, 0.717) is 12.1 Å². The molecule has 0 bridgehead atoms. The third kappa shape index (κ3) is 3.84. The third-order valence-electron chi connectivity index (χ3n) is 4.17. The van der Waals surface area contributed by atoms with Crippen LogP contribution in [0, 0.1) is 13.8 Å². The zero-order chi connectivity index (χ0) is 16.4. The molecule has 0 spiro atoms. The van der Waals surface area contributed by atoms with Gasteiger partial charge in [-0.05, 0) is 47.1 Å². The van der Waals surface area contributed by atoms with Gasteiger partial charge in [-0.3, -0.25) is 4.90 Å². The number of rotatable bonds is 4. The summed E-state index contributed by atoms with van der Waals surface area (Å²) in [5, 5.41) is 13.1. The van der Waals surface area contributed by atoms with E-state index < -0.39 is 0 Å².